The van der Waals surface area contributed by atoms with Crippen LogP contribution >= 0.6 is 0 Å². The van der Waals surface area contributed by atoms with Gasteiger partial charge in [0.2, 0.25) is 0 Å². The largest absolute Gasteiger partial charge is 0.373 e. The lowest BCUT2D eigenvalue weighted by Gasteiger charge is -2.44. The lowest BCUT2D eigenvalue weighted by atomic mass is 9.90. The first-order valence-corrected chi connectivity index (χ1v) is 8.98. The Kier molecular flexibility index (Phi) is 6.10. The Morgan fingerprint density at radius 1 is 1.10 bits per heavy atom. The average Bonchev–Trinajstić information content (AvgIpc) is 2.37. The quantitative estimate of drug-likeness (QED) is 0.774. The Bertz CT molecular complexity index is 310. The van der Waals surface area contributed by atoms with Gasteiger partial charge in [0.25, 0.3) is 0 Å². The van der Waals surface area contributed by atoms with E-state index in [1.165, 1.54) is 38.9 Å². The van der Waals surface area contributed by atoms with Gasteiger partial charge in [-0.2, -0.15) is 0 Å². The highest BCUT2D eigenvalue weighted by Gasteiger charge is 2.34. The second-order valence-corrected chi connectivity index (χ2v) is 8.20. The number of hydrogen-bond donors (Lipinski definition) is 0. The molecule has 21 heavy (non-hydrogen) atoms. The molecule has 0 amide bonds. The molecule has 0 aliphatic carbocycles. The summed E-state index contributed by atoms with van der Waals surface area (Å²) in [7, 11) is 0. The molecule has 2 rings (SSSR count). The molecule has 0 aromatic heterocycles. The van der Waals surface area contributed by atoms with Crippen LogP contribution in [0.25, 0.3) is 0 Å². The molecule has 3 nitrogen and oxygen atoms in total. The first-order valence-electron chi connectivity index (χ1n) is 8.98. The third kappa shape index (κ3) is 5.22. The van der Waals surface area contributed by atoms with E-state index in [2.05, 4.69) is 44.4 Å². The first-order chi connectivity index (χ1) is 9.88. The summed E-state index contributed by atoms with van der Waals surface area (Å²) in [6.07, 6.45) is 3.92. The van der Waals surface area contributed by atoms with E-state index in [1.807, 2.05) is 0 Å². The van der Waals surface area contributed by atoms with Crippen LogP contribution in [0.3, 0.4) is 0 Å². The Morgan fingerprint density at radius 2 is 1.76 bits per heavy atom. The second-order valence-electron chi connectivity index (χ2n) is 8.20. The average molecular weight is 296 g/mol. The van der Waals surface area contributed by atoms with Gasteiger partial charge in [-0.15, -0.1) is 0 Å². The van der Waals surface area contributed by atoms with E-state index in [0.717, 1.165) is 25.6 Å². The topological polar surface area (TPSA) is 15.7 Å². The number of likely N-dealkylation sites (tertiary alicyclic amines) is 1. The van der Waals surface area contributed by atoms with Crippen molar-refractivity contribution in [1.29, 1.82) is 0 Å². The highest BCUT2D eigenvalue weighted by molar-refractivity contribution is 4.86. The predicted octanol–water partition coefficient (Wildman–Crippen LogP) is 3.24. The first kappa shape index (κ1) is 17.2. The number of rotatable bonds is 5. The van der Waals surface area contributed by atoms with Crippen molar-refractivity contribution in [3.8, 4) is 0 Å². The monoisotopic (exact) mass is 296 g/mol. The Morgan fingerprint density at radius 3 is 2.33 bits per heavy atom. The zero-order chi connectivity index (χ0) is 15.5. The summed E-state index contributed by atoms with van der Waals surface area (Å²) in [5, 5.41) is 0. The van der Waals surface area contributed by atoms with Crippen molar-refractivity contribution in [1.82, 2.24) is 9.80 Å². The molecule has 0 aromatic carbocycles. The summed E-state index contributed by atoms with van der Waals surface area (Å²) in [5.41, 5.74) is 0.0745. The van der Waals surface area contributed by atoms with Crippen molar-refractivity contribution in [2.45, 2.75) is 65.5 Å². The molecule has 124 valence electrons. The third-order valence-corrected chi connectivity index (χ3v) is 5.15. The van der Waals surface area contributed by atoms with Gasteiger partial charge in [-0.1, -0.05) is 13.8 Å². The Hall–Kier alpha value is -0.120. The molecular weight excluding hydrogens is 260 g/mol. The second kappa shape index (κ2) is 7.43. The fraction of sp³-hybridized carbons (Fsp3) is 1.00. The Balaban J connectivity index is 1.78. The lowest BCUT2D eigenvalue weighted by Crippen LogP contribution is -2.52. The van der Waals surface area contributed by atoms with Crippen molar-refractivity contribution >= 4 is 0 Å². The maximum absolute atomic E-state index is 6.09. The van der Waals surface area contributed by atoms with E-state index >= 15 is 0 Å². The summed E-state index contributed by atoms with van der Waals surface area (Å²) in [4.78, 5) is 5.29. The molecule has 2 heterocycles. The zero-order valence-corrected chi connectivity index (χ0v) is 14.9. The summed E-state index contributed by atoms with van der Waals surface area (Å²) in [5.74, 6) is 1.60. The SMILES string of the molecule is CC(C)CC1(C)CN(CC2CCN(C(C)C)CC2)CCO1. The highest BCUT2D eigenvalue weighted by atomic mass is 16.5. The highest BCUT2D eigenvalue weighted by Crippen LogP contribution is 2.27. The van der Waals surface area contributed by atoms with Crippen LogP contribution in [0.15, 0.2) is 0 Å². The predicted molar refractivity (Wildman–Crippen MR) is 89.7 cm³/mol. The van der Waals surface area contributed by atoms with E-state index in [9.17, 15) is 0 Å². The van der Waals surface area contributed by atoms with Crippen LogP contribution in [0.5, 0.6) is 0 Å². The van der Waals surface area contributed by atoms with Gasteiger partial charge in [-0.3, -0.25) is 4.90 Å². The number of piperidine rings is 1. The van der Waals surface area contributed by atoms with Crippen LogP contribution in [-0.4, -0.2) is 60.8 Å². The molecule has 2 aliphatic heterocycles. The van der Waals surface area contributed by atoms with Crippen molar-refractivity contribution in [3.05, 3.63) is 0 Å². The normalized spacial score (nSPS) is 30.4. The third-order valence-electron chi connectivity index (χ3n) is 5.15. The van der Waals surface area contributed by atoms with Crippen LogP contribution in [0, 0.1) is 11.8 Å². The minimum atomic E-state index is 0.0745. The van der Waals surface area contributed by atoms with Crippen LogP contribution in [-0.2, 0) is 4.74 Å². The molecule has 2 fully saturated rings. The molecule has 1 unspecified atom stereocenters. The van der Waals surface area contributed by atoms with Crippen LogP contribution in [0.4, 0.5) is 0 Å². The van der Waals surface area contributed by atoms with E-state index in [1.54, 1.807) is 0 Å². The summed E-state index contributed by atoms with van der Waals surface area (Å²) in [6, 6.07) is 0.712. The van der Waals surface area contributed by atoms with E-state index in [4.69, 9.17) is 4.74 Å². The van der Waals surface area contributed by atoms with Gasteiger partial charge in [-0.25, -0.2) is 0 Å². The standard InChI is InChI=1S/C18H36N2O/c1-15(2)12-18(5)14-19(10-11-21-18)13-17-6-8-20(9-7-17)16(3)4/h15-17H,6-14H2,1-5H3. The summed E-state index contributed by atoms with van der Waals surface area (Å²) < 4.78 is 6.09. The van der Waals surface area contributed by atoms with E-state index in [-0.39, 0.29) is 5.60 Å². The number of nitrogens with zero attached hydrogens (tertiary/aromatic N) is 2. The van der Waals surface area contributed by atoms with Crippen molar-refractivity contribution in [2.75, 3.05) is 39.3 Å². The van der Waals surface area contributed by atoms with Crippen LogP contribution < -0.4 is 0 Å². The smallest absolute Gasteiger partial charge is 0.0783 e. The van der Waals surface area contributed by atoms with E-state index in [0.29, 0.717) is 12.0 Å². The van der Waals surface area contributed by atoms with Gasteiger partial charge in [0, 0.05) is 25.7 Å². The van der Waals surface area contributed by atoms with Gasteiger partial charge in [0.15, 0.2) is 0 Å². The molecule has 0 N–H and O–H groups in total. The molecule has 2 saturated heterocycles. The maximum atomic E-state index is 6.09. The minimum absolute atomic E-state index is 0.0745. The molecule has 2 aliphatic rings. The zero-order valence-electron chi connectivity index (χ0n) is 14.9. The number of hydrogen-bond acceptors (Lipinski definition) is 3. The van der Waals surface area contributed by atoms with Gasteiger partial charge < -0.3 is 9.64 Å². The number of morpholine rings is 1. The molecule has 1 atom stereocenters. The molecule has 0 bridgehead atoms. The van der Waals surface area contributed by atoms with Crippen molar-refractivity contribution in [2.24, 2.45) is 11.8 Å². The van der Waals surface area contributed by atoms with Crippen LogP contribution in [0.2, 0.25) is 0 Å². The molecular formula is C18H36N2O. The lowest BCUT2D eigenvalue weighted by molar-refractivity contribution is -0.111. The molecule has 0 radical (unpaired) electrons. The fourth-order valence-electron chi connectivity index (χ4n) is 4.18. The van der Waals surface area contributed by atoms with Crippen molar-refractivity contribution < 1.29 is 4.74 Å². The van der Waals surface area contributed by atoms with Gasteiger partial charge in [-0.05, 0) is 65.0 Å². The molecule has 3 heteroatoms. The van der Waals surface area contributed by atoms with Crippen LogP contribution in [0.1, 0.15) is 53.9 Å². The summed E-state index contributed by atoms with van der Waals surface area (Å²) in [6.45, 7) is 18.6. The Labute approximate surface area is 132 Å². The summed E-state index contributed by atoms with van der Waals surface area (Å²) >= 11 is 0. The van der Waals surface area contributed by atoms with E-state index < -0.39 is 0 Å². The van der Waals surface area contributed by atoms with Gasteiger partial charge in [0.05, 0.1) is 12.2 Å². The van der Waals surface area contributed by atoms with Gasteiger partial charge >= 0.3 is 0 Å². The molecule has 0 saturated carbocycles. The minimum Gasteiger partial charge on any atom is -0.373 e. The molecule has 0 spiro atoms. The molecule has 0 aromatic rings. The fourth-order valence-corrected chi connectivity index (χ4v) is 4.18. The number of ether oxygens (including phenoxy) is 1. The maximum Gasteiger partial charge on any atom is 0.0783 e. The van der Waals surface area contributed by atoms with Crippen molar-refractivity contribution in [3.63, 3.8) is 0 Å². The van der Waals surface area contributed by atoms with Gasteiger partial charge in [0.1, 0.15) is 0 Å².